The molecule has 0 aliphatic heterocycles. The zero-order valence-electron chi connectivity index (χ0n) is 16.9. The average molecular weight is 473 g/mol. The smallest absolute Gasteiger partial charge is 0.283 e. The number of aryl methyl sites for hydroxylation is 1. The normalized spacial score (nSPS) is 11.8. The van der Waals surface area contributed by atoms with Gasteiger partial charge in [-0.15, -0.1) is 0 Å². The number of nitrogens with one attached hydrogen (secondary N) is 2. The highest BCUT2D eigenvalue weighted by molar-refractivity contribution is 7.92. The molecule has 2 N–H and O–H groups in total. The summed E-state index contributed by atoms with van der Waals surface area (Å²) in [4.78, 5) is 20.9. The number of aromatic nitrogens is 4. The number of halogens is 1. The molecule has 0 saturated carbocycles. The molecule has 0 bridgehead atoms. The minimum Gasteiger partial charge on any atom is -0.497 e. The Kier molecular flexibility index (Phi) is 5.68. The Morgan fingerprint density at radius 2 is 1.84 bits per heavy atom. The van der Waals surface area contributed by atoms with Crippen LogP contribution in [0.1, 0.15) is 11.4 Å². The highest BCUT2D eigenvalue weighted by Crippen LogP contribution is 2.23. The third-order valence-electron chi connectivity index (χ3n) is 4.48. The van der Waals surface area contributed by atoms with Crippen molar-refractivity contribution in [3.8, 4) is 5.75 Å². The number of sulfonamides is 1. The molecule has 0 spiro atoms. The first-order valence-corrected chi connectivity index (χ1v) is 11.1. The topological polar surface area (TPSA) is 131 Å². The van der Waals surface area contributed by atoms with E-state index in [0.29, 0.717) is 16.3 Å². The summed E-state index contributed by atoms with van der Waals surface area (Å²) in [6.07, 6.45) is 1.41. The minimum absolute atomic E-state index is 0.0693. The summed E-state index contributed by atoms with van der Waals surface area (Å²) in [6.45, 7) is 1.55. The van der Waals surface area contributed by atoms with Crippen molar-refractivity contribution in [2.24, 2.45) is 4.99 Å². The molecule has 12 heteroatoms. The van der Waals surface area contributed by atoms with Gasteiger partial charge in [-0.05, 0) is 61.0 Å². The van der Waals surface area contributed by atoms with Crippen LogP contribution in [-0.2, 0) is 10.0 Å². The molecule has 0 fully saturated rings. The van der Waals surface area contributed by atoms with Gasteiger partial charge < -0.3 is 4.74 Å². The van der Waals surface area contributed by atoms with E-state index in [4.69, 9.17) is 16.3 Å². The first kappa shape index (κ1) is 21.5. The highest BCUT2D eigenvalue weighted by Gasteiger charge is 2.27. The molecule has 2 aromatic carbocycles. The summed E-state index contributed by atoms with van der Waals surface area (Å²) in [5.74, 6) is 0.699. The van der Waals surface area contributed by atoms with Crippen LogP contribution in [0.15, 0.2) is 63.2 Å². The molecular formula is C20H17ClN6O4S. The number of anilines is 1. The van der Waals surface area contributed by atoms with Crippen LogP contribution in [0.5, 0.6) is 5.75 Å². The van der Waals surface area contributed by atoms with Gasteiger partial charge in [0, 0.05) is 16.9 Å². The van der Waals surface area contributed by atoms with Crippen LogP contribution in [0.3, 0.4) is 0 Å². The number of H-pyrrole nitrogens is 1. The number of aliphatic imine (C=N–C) groups is 1. The number of methoxy groups -OCH3 is 1. The SMILES string of the molecule is COc1ccc(C=Nc2nc3[nH]nc(C)n3c(=O)c2S(=O)(=O)Nc2ccc(Cl)cc2)cc1. The third kappa shape index (κ3) is 4.20. The van der Waals surface area contributed by atoms with Crippen molar-refractivity contribution >= 4 is 45.1 Å². The second-order valence-electron chi connectivity index (χ2n) is 6.64. The zero-order valence-corrected chi connectivity index (χ0v) is 18.5. The van der Waals surface area contributed by atoms with Gasteiger partial charge in [0.15, 0.2) is 10.7 Å². The molecule has 0 aliphatic rings. The summed E-state index contributed by atoms with van der Waals surface area (Å²) in [5, 5.41) is 6.97. The second kappa shape index (κ2) is 8.44. The number of benzene rings is 2. The molecule has 2 aromatic heterocycles. The molecule has 0 saturated heterocycles. The lowest BCUT2D eigenvalue weighted by Gasteiger charge is -2.10. The highest BCUT2D eigenvalue weighted by atomic mass is 35.5. The van der Waals surface area contributed by atoms with Crippen molar-refractivity contribution in [2.45, 2.75) is 11.8 Å². The van der Waals surface area contributed by atoms with Gasteiger partial charge >= 0.3 is 0 Å². The molecular weight excluding hydrogens is 456 g/mol. The average Bonchev–Trinajstić information content (AvgIpc) is 3.14. The molecule has 10 nitrogen and oxygen atoms in total. The lowest BCUT2D eigenvalue weighted by Crippen LogP contribution is -2.27. The molecule has 32 heavy (non-hydrogen) atoms. The summed E-state index contributed by atoms with van der Waals surface area (Å²) in [6, 6.07) is 12.9. The van der Waals surface area contributed by atoms with Gasteiger partial charge in [-0.25, -0.2) is 22.9 Å². The van der Waals surface area contributed by atoms with Crippen LogP contribution in [0.25, 0.3) is 5.78 Å². The van der Waals surface area contributed by atoms with Gasteiger partial charge in [0.1, 0.15) is 11.6 Å². The van der Waals surface area contributed by atoms with Crippen molar-refractivity contribution in [2.75, 3.05) is 11.8 Å². The van der Waals surface area contributed by atoms with Crippen LogP contribution in [-0.4, -0.2) is 41.3 Å². The number of fused-ring (bicyclic) bond motifs is 1. The summed E-state index contributed by atoms with van der Waals surface area (Å²) >= 11 is 5.86. The number of hydrogen-bond donors (Lipinski definition) is 2. The van der Waals surface area contributed by atoms with Crippen LogP contribution in [0.4, 0.5) is 11.5 Å². The Morgan fingerprint density at radius 1 is 1.16 bits per heavy atom. The quantitative estimate of drug-likeness (QED) is 0.415. The minimum atomic E-state index is -4.35. The predicted molar refractivity (Wildman–Crippen MR) is 121 cm³/mol. The largest absolute Gasteiger partial charge is 0.497 e. The number of hydrogen-bond acceptors (Lipinski definition) is 7. The van der Waals surface area contributed by atoms with Crippen LogP contribution in [0.2, 0.25) is 5.02 Å². The van der Waals surface area contributed by atoms with Gasteiger partial charge in [0.2, 0.25) is 5.78 Å². The monoisotopic (exact) mass is 472 g/mol. The number of aromatic amines is 1. The predicted octanol–water partition coefficient (Wildman–Crippen LogP) is 2.94. The number of ether oxygens (including phenoxy) is 1. The molecule has 4 aromatic rings. The Labute approximate surface area is 187 Å². The van der Waals surface area contributed by atoms with E-state index in [1.165, 1.54) is 30.5 Å². The Bertz CT molecular complexity index is 1480. The van der Waals surface area contributed by atoms with Crippen LogP contribution >= 0.6 is 11.6 Å². The Balaban J connectivity index is 1.84. The molecule has 2 heterocycles. The van der Waals surface area contributed by atoms with Crippen molar-refractivity contribution in [3.05, 3.63) is 75.3 Å². The number of nitrogens with zero attached hydrogens (tertiary/aromatic N) is 4. The van der Waals surface area contributed by atoms with Crippen LogP contribution in [0, 0.1) is 6.92 Å². The first-order chi connectivity index (χ1) is 15.3. The summed E-state index contributed by atoms with van der Waals surface area (Å²) in [7, 11) is -2.80. The van der Waals surface area contributed by atoms with E-state index >= 15 is 0 Å². The molecule has 0 unspecified atom stereocenters. The second-order valence-corrected chi connectivity index (χ2v) is 8.70. The maximum absolute atomic E-state index is 13.2. The van der Waals surface area contributed by atoms with Crippen LogP contribution < -0.4 is 15.0 Å². The lowest BCUT2D eigenvalue weighted by molar-refractivity contribution is 0.415. The van der Waals surface area contributed by atoms with Crippen molar-refractivity contribution in [1.29, 1.82) is 0 Å². The van der Waals surface area contributed by atoms with E-state index in [-0.39, 0.29) is 23.1 Å². The van der Waals surface area contributed by atoms with E-state index in [0.717, 1.165) is 4.40 Å². The fourth-order valence-corrected chi connectivity index (χ4v) is 4.26. The van der Waals surface area contributed by atoms with E-state index in [2.05, 4.69) is 24.9 Å². The van der Waals surface area contributed by atoms with Gasteiger partial charge in [-0.2, -0.15) is 10.1 Å². The standard InChI is InChI=1S/C20H17ClN6O4S/c1-12-24-25-20-23-18(22-11-13-3-9-16(31-2)10-4-13)17(19(28)27(12)20)32(29,30)26-15-7-5-14(21)6-8-15/h3-11,26H,1-2H3,(H,23,25). The van der Waals surface area contributed by atoms with Gasteiger partial charge in [-0.3, -0.25) is 9.52 Å². The molecule has 0 atom stereocenters. The maximum Gasteiger partial charge on any atom is 0.283 e. The van der Waals surface area contributed by atoms with Crippen molar-refractivity contribution < 1.29 is 13.2 Å². The molecule has 0 radical (unpaired) electrons. The van der Waals surface area contributed by atoms with Crippen molar-refractivity contribution in [1.82, 2.24) is 19.6 Å². The molecule has 0 aliphatic carbocycles. The van der Waals surface area contributed by atoms with Gasteiger partial charge in [0.25, 0.3) is 15.6 Å². The van der Waals surface area contributed by atoms with Crippen molar-refractivity contribution in [3.63, 3.8) is 0 Å². The van der Waals surface area contributed by atoms with E-state index in [9.17, 15) is 13.2 Å². The fraction of sp³-hybridized carbons (Fsp3) is 0.100. The first-order valence-electron chi connectivity index (χ1n) is 9.23. The molecule has 4 rings (SSSR count). The Morgan fingerprint density at radius 3 is 2.50 bits per heavy atom. The molecule has 164 valence electrons. The van der Waals surface area contributed by atoms with E-state index in [1.807, 2.05) is 0 Å². The fourth-order valence-electron chi connectivity index (χ4n) is 2.92. The lowest BCUT2D eigenvalue weighted by atomic mass is 10.2. The summed E-state index contributed by atoms with van der Waals surface area (Å²) in [5.41, 5.74) is 0.0556. The number of rotatable bonds is 6. The van der Waals surface area contributed by atoms with Gasteiger partial charge in [-0.1, -0.05) is 11.6 Å². The summed E-state index contributed by atoms with van der Waals surface area (Å²) < 4.78 is 34.9. The zero-order chi connectivity index (χ0) is 22.9. The molecule has 0 amide bonds. The Hall–Kier alpha value is -3.70. The third-order valence-corrected chi connectivity index (χ3v) is 6.13. The van der Waals surface area contributed by atoms with E-state index < -0.39 is 20.5 Å². The van der Waals surface area contributed by atoms with Gasteiger partial charge in [0.05, 0.1) is 7.11 Å². The van der Waals surface area contributed by atoms with E-state index in [1.54, 1.807) is 38.3 Å². The maximum atomic E-state index is 13.2.